The monoisotopic (exact) mass is 589 g/mol. The summed E-state index contributed by atoms with van der Waals surface area (Å²) in [6.45, 7) is 0. The van der Waals surface area contributed by atoms with Gasteiger partial charge in [0.25, 0.3) is 5.91 Å². The highest BCUT2D eigenvalue weighted by atomic mass is 19.4. The second-order valence-electron chi connectivity index (χ2n) is 10.9. The van der Waals surface area contributed by atoms with Crippen LogP contribution >= 0.6 is 0 Å². The van der Waals surface area contributed by atoms with Crippen LogP contribution in [0.25, 0.3) is 28.9 Å². The number of ether oxygens (including phenoxy) is 2. The number of hydrogen-bond acceptors (Lipinski definition) is 8. The van der Waals surface area contributed by atoms with E-state index in [9.17, 15) is 18.0 Å². The lowest BCUT2D eigenvalue weighted by Crippen LogP contribution is -2.37. The molecule has 3 aromatic heterocycles. The Morgan fingerprint density at radius 2 is 1.84 bits per heavy atom. The molecule has 2 saturated carbocycles. The number of amides is 1. The van der Waals surface area contributed by atoms with Crippen LogP contribution in [0.15, 0.2) is 35.7 Å². The van der Waals surface area contributed by atoms with Gasteiger partial charge in [-0.15, -0.1) is 0 Å². The normalized spacial score (nSPS) is 16.3. The Morgan fingerprint density at radius 1 is 1.02 bits per heavy atom. The number of imidazole rings is 1. The van der Waals surface area contributed by atoms with Crippen molar-refractivity contribution < 1.29 is 27.4 Å². The third-order valence-corrected chi connectivity index (χ3v) is 7.78. The first kappa shape index (κ1) is 27.2. The highest BCUT2D eigenvalue weighted by molar-refractivity contribution is 5.83. The third-order valence-electron chi connectivity index (χ3n) is 7.78. The standard InChI is InChI=1S/C30H26F3N7O3/c1-42-21-12-15(3-8-19(21)28-37-22(30(31,32)33)13-40(28)17-6-7-17)11-20-18-9-10-23(41)38-26(18)39-27(36-20)24-25(16-4-5-16)34-14-35-29(24)43-2/h3,8-9,12-14,16-17H,4-7,10-11H2,1-2H3. The van der Waals surface area contributed by atoms with Crippen molar-refractivity contribution in [3.8, 4) is 34.4 Å². The zero-order valence-corrected chi connectivity index (χ0v) is 23.4. The Hall–Kier alpha value is -4.68. The minimum atomic E-state index is -4.55. The second-order valence-corrected chi connectivity index (χ2v) is 10.9. The predicted molar refractivity (Wildman–Crippen MR) is 147 cm³/mol. The van der Waals surface area contributed by atoms with E-state index in [-0.39, 0.29) is 35.6 Å². The molecular weight excluding hydrogens is 563 g/mol. The Labute approximate surface area is 243 Å². The molecule has 0 atom stereocenters. The number of nitrogens with zero attached hydrogens (tertiary/aromatic N) is 7. The number of hydrogen-bond donors (Lipinski definition) is 0. The maximum Gasteiger partial charge on any atom is 0.434 e. The lowest BCUT2D eigenvalue weighted by atomic mass is 10.0. The van der Waals surface area contributed by atoms with E-state index >= 15 is 0 Å². The second kappa shape index (κ2) is 10.2. The zero-order chi connectivity index (χ0) is 29.9. The lowest BCUT2D eigenvalue weighted by Gasteiger charge is -2.14. The molecule has 10 nitrogen and oxygen atoms in total. The molecule has 0 spiro atoms. The largest absolute Gasteiger partial charge is 0.496 e. The van der Waals surface area contributed by atoms with E-state index in [0.29, 0.717) is 45.9 Å². The maximum atomic E-state index is 13.5. The highest BCUT2D eigenvalue weighted by Crippen LogP contribution is 2.45. The quantitative estimate of drug-likeness (QED) is 0.303. The van der Waals surface area contributed by atoms with Crippen LogP contribution in [-0.4, -0.2) is 49.6 Å². The molecule has 2 fully saturated rings. The Morgan fingerprint density at radius 3 is 2.53 bits per heavy atom. The summed E-state index contributed by atoms with van der Waals surface area (Å²) in [5, 5.41) is 0.647. The molecule has 2 aliphatic carbocycles. The van der Waals surface area contributed by atoms with Gasteiger partial charge in [-0.2, -0.15) is 18.2 Å². The Balaban J connectivity index is 1.32. The summed E-state index contributed by atoms with van der Waals surface area (Å²) in [6.07, 6.45) is 3.74. The number of rotatable bonds is 8. The topological polar surface area (TPSA) is 117 Å². The number of fused-ring (bicyclic) bond motifs is 1. The molecule has 0 N–H and O–H groups in total. The van der Waals surface area contributed by atoms with E-state index in [1.165, 1.54) is 20.5 Å². The molecule has 0 radical (unpaired) electrons. The van der Waals surface area contributed by atoms with Crippen LogP contribution in [0.1, 0.15) is 66.7 Å². The van der Waals surface area contributed by atoms with Crippen molar-refractivity contribution in [1.82, 2.24) is 29.5 Å². The summed E-state index contributed by atoms with van der Waals surface area (Å²) >= 11 is 0. The summed E-state index contributed by atoms with van der Waals surface area (Å²) in [5.74, 6) is 1.20. The summed E-state index contributed by atoms with van der Waals surface area (Å²) in [5.41, 5.74) is 2.57. The number of carbonyl (C=O) groups is 1. The number of alkyl halides is 3. The molecule has 220 valence electrons. The van der Waals surface area contributed by atoms with E-state index in [2.05, 4.69) is 24.9 Å². The van der Waals surface area contributed by atoms with Crippen LogP contribution in [-0.2, 0) is 17.4 Å². The van der Waals surface area contributed by atoms with E-state index in [1.54, 1.807) is 22.8 Å². The molecule has 0 saturated heterocycles. The van der Waals surface area contributed by atoms with Crippen LogP contribution in [0.5, 0.6) is 11.6 Å². The van der Waals surface area contributed by atoms with E-state index in [0.717, 1.165) is 43.1 Å². The Kier molecular flexibility index (Phi) is 6.47. The average molecular weight is 590 g/mol. The van der Waals surface area contributed by atoms with Crippen LogP contribution < -0.4 is 20.2 Å². The number of benzene rings is 1. The predicted octanol–water partition coefficient (Wildman–Crippen LogP) is 3.97. The van der Waals surface area contributed by atoms with Gasteiger partial charge in [-0.25, -0.2) is 24.9 Å². The van der Waals surface area contributed by atoms with Crippen molar-refractivity contribution in [2.24, 2.45) is 4.99 Å². The van der Waals surface area contributed by atoms with Gasteiger partial charge in [-0.3, -0.25) is 4.79 Å². The van der Waals surface area contributed by atoms with Crippen molar-refractivity contribution in [1.29, 1.82) is 0 Å². The van der Waals surface area contributed by atoms with Gasteiger partial charge in [-0.05, 0) is 43.4 Å². The minimum absolute atomic E-state index is 0.0181. The molecule has 13 heteroatoms. The first-order valence-corrected chi connectivity index (χ1v) is 13.9. The van der Waals surface area contributed by atoms with Crippen LogP contribution in [0, 0.1) is 0 Å². The van der Waals surface area contributed by atoms with Gasteiger partial charge < -0.3 is 14.0 Å². The molecular formula is C30H26F3N7O3. The van der Waals surface area contributed by atoms with Crippen molar-refractivity contribution in [2.75, 3.05) is 14.2 Å². The first-order chi connectivity index (χ1) is 20.7. The molecule has 1 amide bonds. The van der Waals surface area contributed by atoms with E-state index < -0.39 is 11.9 Å². The lowest BCUT2D eigenvalue weighted by molar-refractivity contribution is -0.140. The summed E-state index contributed by atoms with van der Waals surface area (Å²) < 4.78 is 53.4. The van der Waals surface area contributed by atoms with Gasteiger partial charge in [0, 0.05) is 36.2 Å². The molecule has 4 aromatic rings. The van der Waals surface area contributed by atoms with Gasteiger partial charge >= 0.3 is 6.18 Å². The third kappa shape index (κ3) is 5.12. The SMILES string of the molecule is COc1cc(Cc2nc(-c3c(OC)ncnc3C3CC3)nc3c2=CCC(=O)N=3)ccc1-c1nc(C(F)(F)F)cn1C1CC1. The molecule has 3 aliphatic rings. The van der Waals surface area contributed by atoms with Crippen molar-refractivity contribution in [2.45, 2.75) is 56.7 Å². The number of methoxy groups -OCH3 is 2. The molecule has 0 bridgehead atoms. The van der Waals surface area contributed by atoms with Gasteiger partial charge in [-0.1, -0.05) is 12.1 Å². The van der Waals surface area contributed by atoms with Gasteiger partial charge in [0.1, 0.15) is 23.5 Å². The fourth-order valence-corrected chi connectivity index (χ4v) is 5.39. The van der Waals surface area contributed by atoms with Gasteiger partial charge in [0.15, 0.2) is 17.0 Å². The van der Waals surface area contributed by atoms with E-state index in [4.69, 9.17) is 14.5 Å². The molecule has 1 aliphatic heterocycles. The minimum Gasteiger partial charge on any atom is -0.496 e. The summed E-state index contributed by atoms with van der Waals surface area (Å²) in [7, 11) is 2.99. The van der Waals surface area contributed by atoms with Crippen LogP contribution in [0.4, 0.5) is 13.2 Å². The van der Waals surface area contributed by atoms with Gasteiger partial charge in [0.2, 0.25) is 5.88 Å². The molecule has 43 heavy (non-hydrogen) atoms. The summed E-state index contributed by atoms with van der Waals surface area (Å²) in [4.78, 5) is 38.7. The molecule has 1 aromatic carbocycles. The van der Waals surface area contributed by atoms with Gasteiger partial charge in [0.05, 0.1) is 31.2 Å². The average Bonchev–Trinajstić information content (AvgIpc) is 3.94. The van der Waals surface area contributed by atoms with Crippen molar-refractivity contribution >= 4 is 12.0 Å². The smallest absolute Gasteiger partial charge is 0.434 e. The number of halogens is 3. The molecule has 4 heterocycles. The van der Waals surface area contributed by atoms with Crippen LogP contribution in [0.2, 0.25) is 0 Å². The number of aromatic nitrogens is 6. The first-order valence-electron chi connectivity index (χ1n) is 13.9. The molecule has 0 unspecified atom stereocenters. The van der Waals surface area contributed by atoms with Crippen LogP contribution in [0.3, 0.4) is 0 Å². The zero-order valence-electron chi connectivity index (χ0n) is 23.4. The fourth-order valence-electron chi connectivity index (χ4n) is 5.39. The van der Waals surface area contributed by atoms with Crippen molar-refractivity contribution in [3.63, 3.8) is 0 Å². The van der Waals surface area contributed by atoms with E-state index in [1.807, 2.05) is 6.07 Å². The maximum absolute atomic E-state index is 13.5. The fraction of sp³-hybridized carbons (Fsp3) is 0.367. The highest BCUT2D eigenvalue weighted by Gasteiger charge is 2.38. The van der Waals surface area contributed by atoms with Crippen molar-refractivity contribution in [3.05, 3.63) is 64.1 Å². The Bertz CT molecular complexity index is 1900. The summed E-state index contributed by atoms with van der Waals surface area (Å²) in [6, 6.07) is 5.30. The number of carbonyl (C=O) groups excluding carboxylic acids is 1. The molecule has 7 rings (SSSR count).